The van der Waals surface area contributed by atoms with E-state index in [0.717, 1.165) is 32.5 Å². The zero-order chi connectivity index (χ0) is 75.7. The fourth-order valence-corrected chi connectivity index (χ4v) is 13.7. The summed E-state index contributed by atoms with van der Waals surface area (Å²) in [6.45, 7) is 39.0. The molecular formula is C73H134N12O12S. The third-order valence-electron chi connectivity index (χ3n) is 18.6. The smallest absolute Gasteiger partial charge is 0.246 e. The lowest BCUT2D eigenvalue weighted by Gasteiger charge is -2.41. The van der Waals surface area contributed by atoms with Crippen molar-refractivity contribution in [2.45, 2.75) is 268 Å². The van der Waals surface area contributed by atoms with Crippen molar-refractivity contribution in [1.29, 1.82) is 0 Å². The molecule has 1 rings (SSSR count). The maximum absolute atomic E-state index is 15.5. The van der Waals surface area contributed by atoms with Gasteiger partial charge in [-0.15, -0.1) is 0 Å². The number of allylic oxidation sites excluding steroid dienone is 2. The van der Waals surface area contributed by atoms with E-state index in [1.54, 1.807) is 34.6 Å². The Balaban J connectivity index is 4.52. The molecule has 25 heteroatoms. The molecule has 98 heavy (non-hydrogen) atoms. The number of amides is 11. The quantitative estimate of drug-likeness (QED) is 0.0498. The minimum Gasteiger partial charge on any atom is -0.390 e. The molecule has 11 amide bonds. The summed E-state index contributed by atoms with van der Waals surface area (Å²) in [5.41, 5.74) is -1.56. The maximum atomic E-state index is 15.5. The molecule has 0 spiro atoms. The highest BCUT2D eigenvalue weighted by Gasteiger charge is 2.45. The van der Waals surface area contributed by atoms with Crippen LogP contribution in [0.15, 0.2) is 12.2 Å². The van der Waals surface area contributed by atoms with E-state index < -0.39 is 149 Å². The lowest BCUT2D eigenvalue weighted by Crippen LogP contribution is -2.62. The Morgan fingerprint density at radius 1 is 0.490 bits per heavy atom. The van der Waals surface area contributed by atoms with Crippen LogP contribution in [0.1, 0.15) is 196 Å². The Morgan fingerprint density at radius 3 is 1.41 bits per heavy atom. The van der Waals surface area contributed by atoms with Crippen LogP contribution >= 0.6 is 11.8 Å². The van der Waals surface area contributed by atoms with Gasteiger partial charge in [-0.2, -0.15) is 11.8 Å². The van der Waals surface area contributed by atoms with E-state index >= 15 is 33.6 Å². The van der Waals surface area contributed by atoms with Crippen molar-refractivity contribution in [3.05, 3.63) is 12.2 Å². The van der Waals surface area contributed by atoms with Gasteiger partial charge >= 0.3 is 0 Å². The van der Waals surface area contributed by atoms with Crippen molar-refractivity contribution >= 4 is 76.7 Å². The molecule has 12 atom stereocenters. The van der Waals surface area contributed by atoms with Gasteiger partial charge in [0.15, 0.2) is 0 Å². The molecule has 0 radical (unpaired) electrons. The molecule has 1 saturated heterocycles. The highest BCUT2D eigenvalue weighted by molar-refractivity contribution is 7.99. The Hall–Kier alpha value is -5.82. The molecule has 1 fully saturated rings. The van der Waals surface area contributed by atoms with Gasteiger partial charge in [0.25, 0.3) is 0 Å². The van der Waals surface area contributed by atoms with Gasteiger partial charge in [-0.25, -0.2) is 0 Å². The van der Waals surface area contributed by atoms with E-state index in [1.165, 1.54) is 123 Å². The molecule has 0 saturated carbocycles. The van der Waals surface area contributed by atoms with Gasteiger partial charge in [0.05, 0.1) is 5.60 Å². The molecule has 0 aromatic rings. The molecule has 1 heterocycles. The molecule has 5 N–H and O–H groups in total. The first-order valence-corrected chi connectivity index (χ1v) is 37.2. The Labute approximate surface area is 594 Å². The second kappa shape index (κ2) is 42.4. The first-order valence-electron chi connectivity index (χ1n) is 36.0. The number of carbonyl (C=O) groups is 11. The Morgan fingerprint density at radius 2 is 0.929 bits per heavy atom. The molecular weight excluding hydrogens is 1270 g/mol. The lowest BCUT2D eigenvalue weighted by atomic mass is 9.93. The minimum atomic E-state index is -1.56. The topological polar surface area (TPSA) is 282 Å². The van der Waals surface area contributed by atoms with Crippen molar-refractivity contribution < 1.29 is 57.8 Å². The third kappa shape index (κ3) is 28.0. The van der Waals surface area contributed by atoms with Gasteiger partial charge < -0.3 is 65.6 Å². The summed E-state index contributed by atoms with van der Waals surface area (Å²) < 4.78 is 0. The van der Waals surface area contributed by atoms with E-state index in [-0.39, 0.29) is 67.9 Å². The van der Waals surface area contributed by atoms with Crippen LogP contribution in [0.5, 0.6) is 0 Å². The van der Waals surface area contributed by atoms with Crippen LogP contribution in [-0.2, 0) is 52.7 Å². The average molecular weight is 1400 g/mol. The lowest BCUT2D eigenvalue weighted by molar-refractivity contribution is -0.156. The third-order valence-corrected chi connectivity index (χ3v) is 19.7. The molecule has 0 aliphatic carbocycles. The van der Waals surface area contributed by atoms with E-state index in [9.17, 15) is 24.3 Å². The fourth-order valence-electron chi connectivity index (χ4n) is 12.6. The van der Waals surface area contributed by atoms with Crippen molar-refractivity contribution in [1.82, 2.24) is 60.5 Å². The molecule has 0 unspecified atom stereocenters. The molecule has 564 valence electrons. The van der Waals surface area contributed by atoms with E-state index in [1.807, 2.05) is 67.5 Å². The number of nitrogens with one attached hydrogen (secondary N) is 4. The highest BCUT2D eigenvalue weighted by Crippen LogP contribution is 2.27. The summed E-state index contributed by atoms with van der Waals surface area (Å²) in [6.07, 6.45) is 6.47. The van der Waals surface area contributed by atoms with Crippen molar-refractivity contribution in [3.63, 3.8) is 0 Å². The standard InChI is InChI=1S/C73H134N12O12S/c1-28-31-34-50(16)40-55-64(88)76-53(29-2)67(91)83(26)59(43-98-36-33-32-35-85(30-3)42-47(10)11)70(94)82(25)58(41-73(19,20)97)65(89)77-60(48(12)13)71(95)78(21)54(37-44(4)5)63(87)74-51(17)62(86)75-52(18)66(90)80(23)56(38-45(6)7)68(92)81(24)57(39-46(8)9)69(93)84(27)61(49(14)15)72(96)79(55)22/h28,31,44-61,97H,29-30,32-43H2,1-27H3,(H,74,87)(H,75,86)(H,76,88)(H,77,89)/b31-28+/t50-,51+,52-,53+,54+,55+,56+,57+,58+,59-,60+,61+/m1/s1. The molecule has 1 aliphatic heterocycles. The monoisotopic (exact) mass is 1400 g/mol. The summed E-state index contributed by atoms with van der Waals surface area (Å²) in [5, 5.41) is 22.7. The van der Waals surface area contributed by atoms with Crippen molar-refractivity contribution in [3.8, 4) is 0 Å². The number of hydrogen-bond acceptors (Lipinski definition) is 14. The number of unbranched alkanes of at least 4 members (excludes halogenated alkanes) is 1. The number of likely N-dealkylation sites (N-methyl/N-ethyl adjacent to an activating group) is 7. The first kappa shape index (κ1) is 90.2. The van der Waals surface area contributed by atoms with Crippen LogP contribution in [0, 0.1) is 41.4 Å². The Bertz CT molecular complexity index is 2630. The van der Waals surface area contributed by atoms with Gasteiger partial charge in [-0.05, 0) is 146 Å². The number of hydrogen-bond donors (Lipinski definition) is 5. The zero-order valence-electron chi connectivity index (χ0n) is 65.4. The largest absolute Gasteiger partial charge is 0.390 e. The van der Waals surface area contributed by atoms with Crippen LogP contribution < -0.4 is 21.3 Å². The van der Waals surface area contributed by atoms with Gasteiger partial charge in [-0.3, -0.25) is 52.7 Å². The number of aliphatic hydroxyl groups is 1. The number of rotatable bonds is 25. The second-order valence-corrected chi connectivity index (χ2v) is 31.9. The predicted molar refractivity (Wildman–Crippen MR) is 391 cm³/mol. The number of carbonyl (C=O) groups excluding carboxylic acids is 11. The normalized spacial score (nSPS) is 25.6. The summed E-state index contributed by atoms with van der Waals surface area (Å²) >= 11 is 1.46. The fraction of sp³-hybridized carbons (Fsp3) is 0.822. The van der Waals surface area contributed by atoms with E-state index in [2.05, 4.69) is 46.9 Å². The van der Waals surface area contributed by atoms with Gasteiger partial charge in [-0.1, -0.05) is 116 Å². The second-order valence-electron chi connectivity index (χ2n) is 30.7. The van der Waals surface area contributed by atoms with E-state index in [4.69, 9.17) is 0 Å². The molecule has 0 bridgehead atoms. The zero-order valence-corrected chi connectivity index (χ0v) is 66.2. The Kier molecular flexibility index (Phi) is 39.1. The minimum absolute atomic E-state index is 0.0640. The summed E-state index contributed by atoms with van der Waals surface area (Å²) in [7, 11) is 10.3. The van der Waals surface area contributed by atoms with Crippen LogP contribution in [0.25, 0.3) is 0 Å². The van der Waals surface area contributed by atoms with Gasteiger partial charge in [0, 0.05) is 68.1 Å². The first-order chi connectivity index (χ1) is 45.3. The summed E-state index contributed by atoms with van der Waals surface area (Å²) in [6, 6.07) is -13.4. The van der Waals surface area contributed by atoms with Crippen LogP contribution in [-0.4, -0.2) is 262 Å². The number of thioether (sulfide) groups is 1. The maximum Gasteiger partial charge on any atom is 0.246 e. The number of nitrogens with zero attached hydrogens (tertiary/aromatic N) is 8. The molecule has 0 aromatic heterocycles. The molecule has 0 aromatic carbocycles. The van der Waals surface area contributed by atoms with Crippen molar-refractivity contribution in [2.75, 3.05) is 80.5 Å². The summed E-state index contributed by atoms with van der Waals surface area (Å²) in [4.78, 5) is 176. The molecule has 1 aliphatic rings. The van der Waals surface area contributed by atoms with Gasteiger partial charge in [0.1, 0.15) is 66.5 Å². The van der Waals surface area contributed by atoms with Crippen LogP contribution in [0.4, 0.5) is 0 Å². The SMILES string of the molecule is C/C=C/C[C@@H](C)C[C@H]1C(=O)N[C@@H](CC)C(=O)N(C)[C@H](CSCCCCN(CC)CC(C)C)C(=O)N(C)[C@@H](CC(C)(C)O)C(=O)N[C@@H](C(C)C)C(=O)N(C)[C@@H](CC(C)C)C(=O)N[C@@H](C)C(=O)N[C@H](C)C(=O)N(C)[C@@H](CC(C)C)C(=O)N(C)[C@@H](CC(C)C)C(=O)N(C)[C@@H](C(C)C)C(=O)N1C. The molecule has 24 nitrogen and oxygen atoms in total. The van der Waals surface area contributed by atoms with Crippen LogP contribution in [0.2, 0.25) is 0 Å². The van der Waals surface area contributed by atoms with Gasteiger partial charge in [0.2, 0.25) is 65.0 Å². The van der Waals surface area contributed by atoms with Crippen LogP contribution in [0.3, 0.4) is 0 Å². The van der Waals surface area contributed by atoms with Crippen molar-refractivity contribution in [2.24, 2.45) is 41.4 Å². The highest BCUT2D eigenvalue weighted by atomic mass is 32.2. The summed E-state index contributed by atoms with van der Waals surface area (Å²) in [5.74, 6) is -7.65. The average Bonchev–Trinajstić information content (AvgIpc) is 0.811. The predicted octanol–water partition coefficient (Wildman–Crippen LogP) is 6.27. The van der Waals surface area contributed by atoms with E-state index in [0.29, 0.717) is 18.1 Å².